The lowest BCUT2D eigenvalue weighted by molar-refractivity contribution is -0.162. The summed E-state index contributed by atoms with van der Waals surface area (Å²) in [6, 6.07) is 12.5. The third-order valence-corrected chi connectivity index (χ3v) is 4.76. The zero-order valence-electron chi connectivity index (χ0n) is 15.8. The fraction of sp³-hybridized carbons (Fsp3) is 0.238. The summed E-state index contributed by atoms with van der Waals surface area (Å²) in [5, 5.41) is 2.14. The van der Waals surface area contributed by atoms with E-state index in [1.54, 1.807) is 18.2 Å². The second-order valence-corrected chi connectivity index (χ2v) is 6.91. The average Bonchev–Trinajstić information content (AvgIpc) is 2.72. The number of hydrogen-bond donors (Lipinski definition) is 0. The maximum atomic E-state index is 13.1. The van der Waals surface area contributed by atoms with Crippen LogP contribution in [0.1, 0.15) is 40.0 Å². The average molecular weight is 415 g/mol. The van der Waals surface area contributed by atoms with Crippen molar-refractivity contribution < 1.29 is 23.9 Å². The van der Waals surface area contributed by atoms with Crippen LogP contribution in [-0.4, -0.2) is 47.2 Å². The molecule has 3 rings (SSSR count). The summed E-state index contributed by atoms with van der Waals surface area (Å²) in [4.78, 5) is 50.8. The van der Waals surface area contributed by atoms with Crippen LogP contribution in [0.25, 0.3) is 0 Å². The predicted molar refractivity (Wildman–Crippen MR) is 106 cm³/mol. The number of piperidine rings is 1. The summed E-state index contributed by atoms with van der Waals surface area (Å²) in [5.74, 6) is -1.61. The number of hydrogen-bond acceptors (Lipinski definition) is 5. The fourth-order valence-corrected chi connectivity index (χ4v) is 3.14. The Kier molecular flexibility index (Phi) is 6.29. The molecular formula is C21H19ClN2O5. The van der Waals surface area contributed by atoms with Gasteiger partial charge in [0.25, 0.3) is 5.91 Å². The van der Waals surface area contributed by atoms with Gasteiger partial charge in [0.2, 0.25) is 11.8 Å². The predicted octanol–water partition coefficient (Wildman–Crippen LogP) is 3.13. The Labute approximate surface area is 172 Å². The number of carbonyl (C=O) groups excluding carboxylic acids is 4. The van der Waals surface area contributed by atoms with Crippen molar-refractivity contribution >= 4 is 35.1 Å². The summed E-state index contributed by atoms with van der Waals surface area (Å²) >= 11 is 5.87. The van der Waals surface area contributed by atoms with E-state index in [0.29, 0.717) is 22.8 Å². The minimum Gasteiger partial charge on any atom is -0.497 e. The van der Waals surface area contributed by atoms with E-state index in [-0.39, 0.29) is 18.4 Å². The highest BCUT2D eigenvalue weighted by Gasteiger charge is 2.36. The quantitative estimate of drug-likeness (QED) is 0.535. The number of ketones is 1. The molecule has 0 N–H and O–H groups in total. The molecule has 2 aromatic rings. The Morgan fingerprint density at radius 1 is 1.03 bits per heavy atom. The largest absolute Gasteiger partial charge is 0.497 e. The standard InChI is InChI=1S/C21H19ClN2O5/c1-29-17-5-2-4-15(12-17)18(25)13-23(24-19(26)6-3-7-20(24)27)21(28)14-8-10-16(22)11-9-14/h2,4-5,8-12H,3,6-7,13H2,1H3. The molecule has 0 atom stereocenters. The minimum atomic E-state index is -0.637. The molecule has 150 valence electrons. The number of benzene rings is 2. The Morgan fingerprint density at radius 2 is 1.69 bits per heavy atom. The zero-order valence-corrected chi connectivity index (χ0v) is 16.5. The molecule has 1 aliphatic heterocycles. The maximum absolute atomic E-state index is 13.1. The summed E-state index contributed by atoms with van der Waals surface area (Å²) in [6.07, 6.45) is 0.675. The van der Waals surface area contributed by atoms with E-state index in [4.69, 9.17) is 16.3 Å². The Hall–Kier alpha value is -3.19. The molecule has 8 heteroatoms. The van der Waals surface area contributed by atoms with E-state index in [1.807, 2.05) is 0 Å². The van der Waals surface area contributed by atoms with Crippen LogP contribution in [0.2, 0.25) is 5.02 Å². The van der Waals surface area contributed by atoms with Gasteiger partial charge in [-0.1, -0.05) is 23.7 Å². The van der Waals surface area contributed by atoms with Crippen molar-refractivity contribution in [3.05, 3.63) is 64.7 Å². The molecule has 2 aromatic carbocycles. The van der Waals surface area contributed by atoms with Crippen LogP contribution in [0.5, 0.6) is 5.75 Å². The van der Waals surface area contributed by atoms with Gasteiger partial charge in [-0.05, 0) is 42.8 Å². The number of hydrazine groups is 1. The van der Waals surface area contributed by atoms with Gasteiger partial charge in [-0.15, -0.1) is 0 Å². The second-order valence-electron chi connectivity index (χ2n) is 6.48. The lowest BCUT2D eigenvalue weighted by atomic mass is 10.1. The number of halogens is 1. The zero-order chi connectivity index (χ0) is 21.0. The van der Waals surface area contributed by atoms with Crippen LogP contribution < -0.4 is 4.74 Å². The molecule has 0 radical (unpaired) electrons. The molecule has 0 saturated carbocycles. The Balaban J connectivity index is 1.94. The first-order valence-corrected chi connectivity index (χ1v) is 9.39. The first-order valence-electron chi connectivity index (χ1n) is 9.01. The smallest absolute Gasteiger partial charge is 0.273 e. The number of Topliss-reactive ketones (excluding diaryl/α,β-unsaturated/α-hetero) is 1. The Morgan fingerprint density at radius 3 is 2.31 bits per heavy atom. The van der Waals surface area contributed by atoms with Gasteiger partial charge in [0, 0.05) is 29.0 Å². The van der Waals surface area contributed by atoms with Crippen molar-refractivity contribution in [3.8, 4) is 5.75 Å². The first-order chi connectivity index (χ1) is 13.9. The lowest BCUT2D eigenvalue weighted by Crippen LogP contribution is -2.56. The third-order valence-electron chi connectivity index (χ3n) is 4.51. The van der Waals surface area contributed by atoms with Crippen LogP contribution >= 0.6 is 11.6 Å². The summed E-state index contributed by atoms with van der Waals surface area (Å²) < 4.78 is 5.12. The maximum Gasteiger partial charge on any atom is 0.273 e. The van der Waals surface area contributed by atoms with Gasteiger partial charge in [-0.2, -0.15) is 5.01 Å². The second kappa shape index (κ2) is 8.87. The molecule has 0 bridgehead atoms. The number of methoxy groups -OCH3 is 1. The fourth-order valence-electron chi connectivity index (χ4n) is 3.01. The molecule has 1 heterocycles. The molecule has 3 amide bonds. The molecule has 29 heavy (non-hydrogen) atoms. The number of nitrogens with zero attached hydrogens (tertiary/aromatic N) is 2. The van der Waals surface area contributed by atoms with E-state index in [1.165, 1.54) is 37.4 Å². The van der Waals surface area contributed by atoms with Crippen molar-refractivity contribution in [2.75, 3.05) is 13.7 Å². The van der Waals surface area contributed by atoms with Crippen LogP contribution in [0.15, 0.2) is 48.5 Å². The normalized spacial score (nSPS) is 13.9. The van der Waals surface area contributed by atoms with Crippen molar-refractivity contribution in [2.24, 2.45) is 0 Å². The number of carbonyl (C=O) groups is 4. The highest BCUT2D eigenvalue weighted by Crippen LogP contribution is 2.20. The van der Waals surface area contributed by atoms with Crippen LogP contribution in [0.3, 0.4) is 0 Å². The van der Waals surface area contributed by atoms with Gasteiger partial charge in [-0.3, -0.25) is 19.2 Å². The first kappa shape index (κ1) is 20.5. The number of amides is 3. The van der Waals surface area contributed by atoms with Gasteiger partial charge in [0.15, 0.2) is 5.78 Å². The van der Waals surface area contributed by atoms with Gasteiger partial charge >= 0.3 is 0 Å². The van der Waals surface area contributed by atoms with Gasteiger partial charge in [-0.25, -0.2) is 5.01 Å². The molecule has 0 unspecified atom stereocenters. The molecule has 0 aliphatic carbocycles. The van der Waals surface area contributed by atoms with E-state index >= 15 is 0 Å². The number of rotatable bonds is 6. The summed E-state index contributed by atoms with van der Waals surface area (Å²) in [6.45, 7) is -0.466. The Bertz CT molecular complexity index is 942. The lowest BCUT2D eigenvalue weighted by Gasteiger charge is -2.35. The molecule has 0 spiro atoms. The highest BCUT2D eigenvalue weighted by atomic mass is 35.5. The van der Waals surface area contributed by atoms with E-state index in [0.717, 1.165) is 10.0 Å². The van der Waals surface area contributed by atoms with E-state index in [9.17, 15) is 19.2 Å². The van der Waals surface area contributed by atoms with E-state index in [2.05, 4.69) is 0 Å². The molecule has 7 nitrogen and oxygen atoms in total. The van der Waals surface area contributed by atoms with Crippen molar-refractivity contribution in [2.45, 2.75) is 19.3 Å². The van der Waals surface area contributed by atoms with Gasteiger partial charge in [0.1, 0.15) is 12.3 Å². The topological polar surface area (TPSA) is 84.0 Å². The van der Waals surface area contributed by atoms with Gasteiger partial charge < -0.3 is 4.74 Å². The molecular weight excluding hydrogens is 396 g/mol. The SMILES string of the molecule is COc1cccc(C(=O)CN(C(=O)c2ccc(Cl)cc2)N2C(=O)CCCC2=O)c1. The van der Waals surface area contributed by atoms with Crippen LogP contribution in [-0.2, 0) is 9.59 Å². The minimum absolute atomic E-state index is 0.128. The van der Waals surface area contributed by atoms with Crippen molar-refractivity contribution in [3.63, 3.8) is 0 Å². The van der Waals surface area contributed by atoms with E-state index < -0.39 is 30.0 Å². The highest BCUT2D eigenvalue weighted by molar-refractivity contribution is 6.30. The monoisotopic (exact) mass is 414 g/mol. The van der Waals surface area contributed by atoms with Crippen molar-refractivity contribution in [1.29, 1.82) is 0 Å². The van der Waals surface area contributed by atoms with Gasteiger partial charge in [0.05, 0.1) is 7.11 Å². The summed E-state index contributed by atoms with van der Waals surface area (Å²) in [5.41, 5.74) is 0.508. The molecule has 0 aromatic heterocycles. The van der Waals surface area contributed by atoms with Crippen molar-refractivity contribution in [1.82, 2.24) is 10.0 Å². The number of imide groups is 1. The molecule has 1 fully saturated rings. The summed E-state index contributed by atoms with van der Waals surface area (Å²) in [7, 11) is 1.48. The third kappa shape index (κ3) is 4.63. The van der Waals surface area contributed by atoms with Crippen LogP contribution in [0.4, 0.5) is 0 Å². The molecule has 1 saturated heterocycles. The number of ether oxygens (including phenoxy) is 1. The van der Waals surface area contributed by atoms with Crippen LogP contribution in [0, 0.1) is 0 Å². The molecule has 1 aliphatic rings.